The average Bonchev–Trinajstić information content (AvgIpc) is 2.68. The number of aromatic nitrogens is 1. The maximum atomic E-state index is 12.9. The van der Waals surface area contributed by atoms with Gasteiger partial charge in [0.2, 0.25) is 11.5 Å². The van der Waals surface area contributed by atoms with Gasteiger partial charge < -0.3 is 10.1 Å². The molecule has 1 atom stereocenters. The second-order valence-electron chi connectivity index (χ2n) is 3.69. The third-order valence-corrected chi connectivity index (χ3v) is 2.57. The molecule has 1 fully saturated rings. The van der Waals surface area contributed by atoms with Gasteiger partial charge in [0.05, 0.1) is 0 Å². The molecule has 1 aromatic heterocycles. The summed E-state index contributed by atoms with van der Waals surface area (Å²) < 4.78 is 43.8. The molecule has 3 nitrogen and oxygen atoms in total. The fraction of sp³-hybridized carbons (Fsp3) is 0.500. The Bertz CT molecular complexity index is 347. The summed E-state index contributed by atoms with van der Waals surface area (Å²) in [5.74, 6) is 0.00326. The van der Waals surface area contributed by atoms with Gasteiger partial charge in [-0.1, -0.05) is 6.07 Å². The molecule has 0 bridgehead atoms. The first-order chi connectivity index (χ1) is 7.54. The van der Waals surface area contributed by atoms with E-state index < -0.39 is 11.8 Å². The van der Waals surface area contributed by atoms with E-state index in [9.17, 15) is 13.2 Å². The molecule has 0 spiro atoms. The Balaban J connectivity index is 2.22. The minimum Gasteiger partial charge on any atom is -0.460 e. The van der Waals surface area contributed by atoms with Crippen molar-refractivity contribution >= 4 is 0 Å². The molecule has 0 radical (unpaired) electrons. The molecule has 0 saturated carbocycles. The fourth-order valence-corrected chi connectivity index (χ4v) is 1.66. The summed E-state index contributed by atoms with van der Waals surface area (Å²) in [7, 11) is 0. The van der Waals surface area contributed by atoms with Crippen LogP contribution >= 0.6 is 0 Å². The van der Waals surface area contributed by atoms with Crippen LogP contribution in [0.4, 0.5) is 13.2 Å². The summed E-state index contributed by atoms with van der Waals surface area (Å²) >= 11 is 0. The van der Waals surface area contributed by atoms with E-state index in [0.29, 0.717) is 6.54 Å². The summed E-state index contributed by atoms with van der Waals surface area (Å²) in [6.07, 6.45) is -3.08. The molecular formula is C10H11F3N2O. The Morgan fingerprint density at radius 2 is 2.19 bits per heavy atom. The lowest BCUT2D eigenvalue weighted by atomic mass is 10.0. The number of pyridine rings is 1. The van der Waals surface area contributed by atoms with Crippen molar-refractivity contribution in [1.82, 2.24) is 10.3 Å². The molecule has 6 heteroatoms. The highest BCUT2D eigenvalue weighted by molar-refractivity contribution is 5.13. The number of hydrogen-bond acceptors (Lipinski definition) is 3. The van der Waals surface area contributed by atoms with Gasteiger partial charge in [0, 0.05) is 25.2 Å². The highest BCUT2D eigenvalue weighted by Crippen LogP contribution is 2.38. The molecule has 1 unspecified atom stereocenters. The molecule has 1 saturated heterocycles. The summed E-state index contributed by atoms with van der Waals surface area (Å²) in [5.41, 5.74) is -2.14. The van der Waals surface area contributed by atoms with Crippen LogP contribution in [-0.2, 0) is 0 Å². The van der Waals surface area contributed by atoms with Gasteiger partial charge in [-0.25, -0.2) is 4.98 Å². The highest BCUT2D eigenvalue weighted by Gasteiger charge is 2.59. The average molecular weight is 232 g/mol. The van der Waals surface area contributed by atoms with Crippen molar-refractivity contribution in [3.63, 3.8) is 0 Å². The van der Waals surface area contributed by atoms with Crippen molar-refractivity contribution < 1.29 is 17.9 Å². The van der Waals surface area contributed by atoms with Crippen molar-refractivity contribution in [2.75, 3.05) is 13.1 Å². The zero-order chi connectivity index (χ0) is 11.6. The van der Waals surface area contributed by atoms with Crippen LogP contribution in [-0.4, -0.2) is 29.9 Å². The lowest BCUT2D eigenvalue weighted by molar-refractivity contribution is -0.241. The second kappa shape index (κ2) is 3.93. The monoisotopic (exact) mass is 232 g/mol. The normalized spacial score (nSPS) is 25.7. The smallest absolute Gasteiger partial charge is 0.429 e. The molecule has 16 heavy (non-hydrogen) atoms. The van der Waals surface area contributed by atoms with Gasteiger partial charge in [0.1, 0.15) is 0 Å². The maximum Gasteiger partial charge on any atom is 0.429 e. The minimum atomic E-state index is -4.39. The molecular weight excluding hydrogens is 221 g/mol. The van der Waals surface area contributed by atoms with Crippen LogP contribution in [0.3, 0.4) is 0 Å². The zero-order valence-electron chi connectivity index (χ0n) is 8.42. The van der Waals surface area contributed by atoms with Gasteiger partial charge >= 0.3 is 6.18 Å². The predicted molar refractivity (Wildman–Crippen MR) is 51.1 cm³/mol. The Hall–Kier alpha value is -1.30. The lowest BCUT2D eigenvalue weighted by Crippen LogP contribution is -2.52. The SMILES string of the molecule is FC(F)(F)C1(Oc2ccccn2)CCNC1. The Kier molecular flexibility index (Phi) is 2.75. The third-order valence-electron chi connectivity index (χ3n) is 2.57. The van der Waals surface area contributed by atoms with Crippen LogP contribution in [0.15, 0.2) is 24.4 Å². The first-order valence-corrected chi connectivity index (χ1v) is 4.91. The van der Waals surface area contributed by atoms with Crippen LogP contribution < -0.4 is 10.1 Å². The topological polar surface area (TPSA) is 34.1 Å². The van der Waals surface area contributed by atoms with Crippen LogP contribution in [0.2, 0.25) is 0 Å². The number of nitrogens with zero attached hydrogens (tertiary/aromatic N) is 1. The minimum absolute atomic E-state index is 0.00326. The summed E-state index contributed by atoms with van der Waals surface area (Å²) in [6.45, 7) is 0.0689. The molecule has 2 heterocycles. The van der Waals surface area contributed by atoms with Crippen LogP contribution in [0.25, 0.3) is 0 Å². The molecule has 2 rings (SSSR count). The van der Waals surface area contributed by atoms with Crippen molar-refractivity contribution in [2.45, 2.75) is 18.2 Å². The summed E-state index contributed by atoms with van der Waals surface area (Å²) in [4.78, 5) is 3.75. The van der Waals surface area contributed by atoms with Gasteiger partial charge in [0.25, 0.3) is 0 Å². The van der Waals surface area contributed by atoms with Gasteiger partial charge in [0.15, 0.2) is 0 Å². The van der Waals surface area contributed by atoms with E-state index in [-0.39, 0.29) is 18.8 Å². The quantitative estimate of drug-likeness (QED) is 0.843. The summed E-state index contributed by atoms with van der Waals surface area (Å²) in [6, 6.07) is 4.64. The van der Waals surface area contributed by atoms with Crippen molar-refractivity contribution in [2.24, 2.45) is 0 Å². The van der Waals surface area contributed by atoms with E-state index in [1.165, 1.54) is 12.3 Å². The first kappa shape index (κ1) is 11.2. The number of alkyl halides is 3. The zero-order valence-corrected chi connectivity index (χ0v) is 8.42. The third kappa shape index (κ3) is 1.97. The number of ether oxygens (including phenoxy) is 1. The Labute approximate surface area is 90.6 Å². The van der Waals surface area contributed by atoms with E-state index in [0.717, 1.165) is 0 Å². The van der Waals surface area contributed by atoms with Crippen molar-refractivity contribution in [1.29, 1.82) is 0 Å². The fourth-order valence-electron chi connectivity index (χ4n) is 1.66. The standard InChI is InChI=1S/C10H11F3N2O/c11-10(12,13)9(4-6-14-7-9)16-8-3-1-2-5-15-8/h1-3,5,14H,4,6-7H2. The largest absolute Gasteiger partial charge is 0.460 e. The lowest BCUT2D eigenvalue weighted by Gasteiger charge is -2.30. The molecule has 1 aromatic rings. The number of hydrogen-bond donors (Lipinski definition) is 1. The Morgan fingerprint density at radius 3 is 2.69 bits per heavy atom. The van der Waals surface area contributed by atoms with Gasteiger partial charge in [-0.3, -0.25) is 0 Å². The molecule has 0 amide bonds. The molecule has 88 valence electrons. The molecule has 1 N–H and O–H groups in total. The van der Waals surface area contributed by atoms with E-state index >= 15 is 0 Å². The van der Waals surface area contributed by atoms with E-state index in [4.69, 9.17) is 4.74 Å². The van der Waals surface area contributed by atoms with Crippen molar-refractivity contribution in [3.8, 4) is 5.88 Å². The van der Waals surface area contributed by atoms with E-state index in [1.807, 2.05) is 0 Å². The van der Waals surface area contributed by atoms with Gasteiger partial charge in [-0.2, -0.15) is 13.2 Å². The number of nitrogens with one attached hydrogen (secondary N) is 1. The van der Waals surface area contributed by atoms with Crippen LogP contribution in [0.5, 0.6) is 5.88 Å². The molecule has 0 aliphatic carbocycles. The number of rotatable bonds is 2. The summed E-state index contributed by atoms with van der Waals surface area (Å²) in [5, 5.41) is 2.67. The van der Waals surface area contributed by atoms with Gasteiger partial charge in [-0.05, 0) is 12.6 Å². The van der Waals surface area contributed by atoms with E-state index in [1.54, 1.807) is 12.1 Å². The molecule has 1 aliphatic rings. The van der Waals surface area contributed by atoms with E-state index in [2.05, 4.69) is 10.3 Å². The van der Waals surface area contributed by atoms with Crippen LogP contribution in [0.1, 0.15) is 6.42 Å². The molecule has 0 aromatic carbocycles. The molecule has 1 aliphatic heterocycles. The predicted octanol–water partition coefficient (Wildman–Crippen LogP) is 1.75. The maximum absolute atomic E-state index is 12.9. The highest BCUT2D eigenvalue weighted by atomic mass is 19.4. The van der Waals surface area contributed by atoms with Crippen LogP contribution in [0, 0.1) is 0 Å². The van der Waals surface area contributed by atoms with Gasteiger partial charge in [-0.15, -0.1) is 0 Å². The first-order valence-electron chi connectivity index (χ1n) is 4.91. The Morgan fingerprint density at radius 1 is 1.38 bits per heavy atom. The van der Waals surface area contributed by atoms with Crippen molar-refractivity contribution in [3.05, 3.63) is 24.4 Å². The second-order valence-corrected chi connectivity index (χ2v) is 3.69. The number of halogens is 3.